The molecule has 0 spiro atoms. The normalized spacial score (nSPS) is 17.3. The van der Waals surface area contributed by atoms with E-state index in [2.05, 4.69) is 6.92 Å². The zero-order chi connectivity index (χ0) is 16.8. The first-order valence-electron chi connectivity index (χ1n) is 8.14. The smallest absolute Gasteiger partial charge is 0.256 e. The predicted molar refractivity (Wildman–Crippen MR) is 89.0 cm³/mol. The minimum Gasteiger partial charge on any atom is -0.493 e. The van der Waals surface area contributed by atoms with Crippen molar-refractivity contribution in [3.05, 3.63) is 17.7 Å². The fourth-order valence-corrected chi connectivity index (χ4v) is 2.81. The minimum atomic E-state index is -0.165. The Morgan fingerprint density at radius 1 is 1.43 bits per heavy atom. The summed E-state index contributed by atoms with van der Waals surface area (Å²) in [6.45, 7) is 3.26. The van der Waals surface area contributed by atoms with Crippen LogP contribution in [0.3, 0.4) is 0 Å². The van der Waals surface area contributed by atoms with Gasteiger partial charge in [-0.15, -0.1) is 0 Å². The van der Waals surface area contributed by atoms with Gasteiger partial charge >= 0.3 is 0 Å². The van der Waals surface area contributed by atoms with Crippen molar-refractivity contribution in [3.63, 3.8) is 0 Å². The van der Waals surface area contributed by atoms with Gasteiger partial charge in [-0.25, -0.2) is 0 Å². The van der Waals surface area contributed by atoms with Crippen LogP contribution in [0.15, 0.2) is 12.1 Å². The molecule has 0 radical (unpaired) electrons. The SMILES string of the molecule is CCCCOc1cc(C(=O)N2CCC[C@H]2CO)c(N)cc1OC. The van der Waals surface area contributed by atoms with Crippen molar-refractivity contribution in [2.24, 2.45) is 0 Å². The third kappa shape index (κ3) is 3.88. The second kappa shape index (κ2) is 8.06. The van der Waals surface area contributed by atoms with E-state index in [0.29, 0.717) is 35.9 Å². The van der Waals surface area contributed by atoms with Crippen molar-refractivity contribution in [2.45, 2.75) is 38.6 Å². The van der Waals surface area contributed by atoms with Crippen LogP contribution in [-0.4, -0.2) is 48.8 Å². The van der Waals surface area contributed by atoms with E-state index in [1.807, 2.05) is 0 Å². The van der Waals surface area contributed by atoms with Crippen LogP contribution >= 0.6 is 0 Å². The molecular weight excluding hydrogens is 296 g/mol. The monoisotopic (exact) mass is 322 g/mol. The number of aliphatic hydroxyl groups excluding tert-OH is 1. The van der Waals surface area contributed by atoms with Crippen molar-refractivity contribution in [1.82, 2.24) is 4.90 Å². The molecule has 23 heavy (non-hydrogen) atoms. The molecule has 1 fully saturated rings. The number of nitrogens with zero attached hydrogens (tertiary/aromatic N) is 1. The van der Waals surface area contributed by atoms with Crippen LogP contribution in [0.25, 0.3) is 0 Å². The number of hydrogen-bond acceptors (Lipinski definition) is 5. The Kier molecular flexibility index (Phi) is 6.10. The van der Waals surface area contributed by atoms with Crippen LogP contribution in [0.4, 0.5) is 5.69 Å². The van der Waals surface area contributed by atoms with Crippen LogP contribution in [0.5, 0.6) is 11.5 Å². The van der Waals surface area contributed by atoms with E-state index in [-0.39, 0.29) is 18.6 Å². The van der Waals surface area contributed by atoms with Crippen molar-refractivity contribution in [1.29, 1.82) is 0 Å². The number of nitrogens with two attached hydrogens (primary N) is 1. The molecule has 1 aromatic rings. The Morgan fingerprint density at radius 3 is 2.87 bits per heavy atom. The maximum Gasteiger partial charge on any atom is 0.256 e. The Balaban J connectivity index is 2.26. The average molecular weight is 322 g/mol. The minimum absolute atomic E-state index is 0.0261. The van der Waals surface area contributed by atoms with Gasteiger partial charge in [0.2, 0.25) is 0 Å². The number of likely N-dealkylation sites (tertiary alicyclic amines) is 1. The molecule has 1 aromatic carbocycles. The topological polar surface area (TPSA) is 85.0 Å². The van der Waals surface area contributed by atoms with Gasteiger partial charge in [0.25, 0.3) is 5.91 Å². The molecule has 0 bridgehead atoms. The summed E-state index contributed by atoms with van der Waals surface area (Å²) in [6.07, 6.45) is 3.66. The highest BCUT2D eigenvalue weighted by Gasteiger charge is 2.30. The lowest BCUT2D eigenvalue weighted by atomic mass is 10.1. The van der Waals surface area contributed by atoms with E-state index >= 15 is 0 Å². The summed E-state index contributed by atoms with van der Waals surface area (Å²) in [5.41, 5.74) is 6.79. The predicted octanol–water partition coefficient (Wildman–Crippen LogP) is 2.05. The van der Waals surface area contributed by atoms with Gasteiger partial charge in [0, 0.05) is 18.3 Å². The van der Waals surface area contributed by atoms with E-state index < -0.39 is 0 Å². The molecule has 0 aliphatic carbocycles. The summed E-state index contributed by atoms with van der Waals surface area (Å²) in [5.74, 6) is 0.885. The van der Waals surface area contributed by atoms with Gasteiger partial charge in [0.15, 0.2) is 11.5 Å². The van der Waals surface area contributed by atoms with Gasteiger partial charge in [-0.05, 0) is 25.3 Å². The molecular formula is C17H26N2O4. The molecule has 1 aliphatic heterocycles. The third-order valence-corrected chi connectivity index (χ3v) is 4.17. The highest BCUT2D eigenvalue weighted by atomic mass is 16.5. The largest absolute Gasteiger partial charge is 0.493 e. The molecule has 0 unspecified atom stereocenters. The molecule has 1 atom stereocenters. The molecule has 3 N–H and O–H groups in total. The number of carbonyl (C=O) groups is 1. The fraction of sp³-hybridized carbons (Fsp3) is 0.588. The third-order valence-electron chi connectivity index (χ3n) is 4.17. The Labute approximate surface area is 137 Å². The van der Waals surface area contributed by atoms with Crippen LogP contribution in [0, 0.1) is 0 Å². The summed E-state index contributed by atoms with van der Waals surface area (Å²) >= 11 is 0. The van der Waals surface area contributed by atoms with Crippen molar-refractivity contribution in [3.8, 4) is 11.5 Å². The van der Waals surface area contributed by atoms with Gasteiger partial charge in [-0.2, -0.15) is 0 Å². The number of ether oxygens (including phenoxy) is 2. The van der Waals surface area contributed by atoms with Crippen molar-refractivity contribution < 1.29 is 19.4 Å². The highest BCUT2D eigenvalue weighted by Crippen LogP contribution is 2.34. The number of benzene rings is 1. The van der Waals surface area contributed by atoms with E-state index in [1.165, 1.54) is 0 Å². The van der Waals surface area contributed by atoms with Crippen LogP contribution in [0.2, 0.25) is 0 Å². The number of methoxy groups -OCH3 is 1. The van der Waals surface area contributed by atoms with E-state index in [9.17, 15) is 9.90 Å². The molecule has 1 saturated heterocycles. The van der Waals surface area contributed by atoms with Gasteiger partial charge in [-0.1, -0.05) is 13.3 Å². The Bertz CT molecular complexity index is 548. The molecule has 6 heteroatoms. The lowest BCUT2D eigenvalue weighted by Crippen LogP contribution is -2.38. The first-order chi connectivity index (χ1) is 11.1. The zero-order valence-corrected chi connectivity index (χ0v) is 13.9. The van der Waals surface area contributed by atoms with Crippen molar-refractivity contribution >= 4 is 11.6 Å². The first kappa shape index (κ1) is 17.4. The summed E-state index contributed by atoms with van der Waals surface area (Å²) < 4.78 is 11.0. The maximum absolute atomic E-state index is 12.8. The van der Waals surface area contributed by atoms with E-state index in [0.717, 1.165) is 25.7 Å². The lowest BCUT2D eigenvalue weighted by molar-refractivity contribution is 0.0678. The van der Waals surface area contributed by atoms with Gasteiger partial charge < -0.3 is 25.2 Å². The number of anilines is 1. The molecule has 1 heterocycles. The maximum atomic E-state index is 12.8. The molecule has 1 aliphatic rings. The zero-order valence-electron chi connectivity index (χ0n) is 13.9. The number of hydrogen-bond donors (Lipinski definition) is 2. The van der Waals surface area contributed by atoms with Crippen LogP contribution in [0.1, 0.15) is 43.0 Å². The Hall–Kier alpha value is -1.95. The molecule has 1 amide bonds. The number of amides is 1. The summed E-state index contributed by atoms with van der Waals surface area (Å²) in [5, 5.41) is 9.41. The van der Waals surface area contributed by atoms with Crippen molar-refractivity contribution in [2.75, 3.05) is 32.6 Å². The van der Waals surface area contributed by atoms with Gasteiger partial charge in [-0.3, -0.25) is 4.79 Å². The summed E-state index contributed by atoms with van der Waals surface area (Å²) in [6, 6.07) is 3.14. The number of carbonyl (C=O) groups excluding carboxylic acids is 1. The second-order valence-electron chi connectivity index (χ2n) is 5.77. The highest BCUT2D eigenvalue weighted by molar-refractivity contribution is 6.00. The van der Waals surface area contributed by atoms with E-state index in [4.69, 9.17) is 15.2 Å². The van der Waals surface area contributed by atoms with Gasteiger partial charge in [0.1, 0.15) is 0 Å². The Morgan fingerprint density at radius 2 is 2.22 bits per heavy atom. The second-order valence-corrected chi connectivity index (χ2v) is 5.77. The van der Waals surface area contributed by atoms with E-state index in [1.54, 1.807) is 24.1 Å². The molecule has 6 nitrogen and oxygen atoms in total. The summed E-state index contributed by atoms with van der Waals surface area (Å²) in [7, 11) is 1.55. The van der Waals surface area contributed by atoms with Gasteiger partial charge in [0.05, 0.1) is 31.9 Å². The standard InChI is InChI=1S/C17H26N2O4/c1-3-4-8-23-16-9-13(14(18)10-15(16)22-2)17(21)19-7-5-6-12(19)11-20/h9-10,12,20H,3-8,11,18H2,1-2H3/t12-/m0/s1. The van der Waals surface area contributed by atoms with Crippen LogP contribution in [-0.2, 0) is 0 Å². The number of aliphatic hydroxyl groups is 1. The summed E-state index contributed by atoms with van der Waals surface area (Å²) in [4.78, 5) is 14.4. The first-order valence-corrected chi connectivity index (χ1v) is 8.14. The molecule has 128 valence electrons. The molecule has 0 saturated carbocycles. The number of rotatable bonds is 7. The fourth-order valence-electron chi connectivity index (χ4n) is 2.81. The molecule has 0 aromatic heterocycles. The molecule has 2 rings (SSSR count). The number of unbranched alkanes of at least 4 members (excludes halogenated alkanes) is 1. The lowest BCUT2D eigenvalue weighted by Gasteiger charge is -2.24. The quantitative estimate of drug-likeness (QED) is 0.593. The number of nitrogen functional groups attached to an aromatic ring is 1. The average Bonchev–Trinajstić information content (AvgIpc) is 3.04. The van der Waals surface area contributed by atoms with Crippen LogP contribution < -0.4 is 15.2 Å².